The van der Waals surface area contributed by atoms with Crippen molar-refractivity contribution in [2.45, 2.75) is 45.7 Å². The zero-order valence-electron chi connectivity index (χ0n) is 23.5. The van der Waals surface area contributed by atoms with Gasteiger partial charge in [0.1, 0.15) is 28.9 Å². The van der Waals surface area contributed by atoms with E-state index in [1.54, 1.807) is 14.1 Å². The van der Waals surface area contributed by atoms with E-state index in [9.17, 15) is 28.0 Å². The molecule has 0 aromatic carbocycles. The van der Waals surface area contributed by atoms with E-state index in [4.69, 9.17) is 0 Å². The van der Waals surface area contributed by atoms with Gasteiger partial charge in [-0.3, -0.25) is 19.4 Å². The Kier molecular flexibility index (Phi) is 10.3. The van der Waals surface area contributed by atoms with Crippen molar-refractivity contribution in [1.82, 2.24) is 29.7 Å². The van der Waals surface area contributed by atoms with Crippen LogP contribution in [0.15, 0.2) is 35.4 Å². The number of halogens is 2. The van der Waals surface area contributed by atoms with Gasteiger partial charge >= 0.3 is 6.09 Å². The van der Waals surface area contributed by atoms with Crippen molar-refractivity contribution in [3.63, 3.8) is 0 Å². The largest absolute Gasteiger partial charge is 0.453 e. The van der Waals surface area contributed by atoms with E-state index in [2.05, 4.69) is 30.3 Å². The fourth-order valence-corrected chi connectivity index (χ4v) is 3.93. The molecule has 3 amide bonds. The molecule has 0 bridgehead atoms. The molecule has 0 saturated carbocycles. The van der Waals surface area contributed by atoms with Gasteiger partial charge in [0, 0.05) is 26.4 Å². The number of imidazole rings is 1. The Labute approximate surface area is 234 Å². The average Bonchev–Trinajstić information content (AvgIpc) is 3.34. The number of hydrogen-bond acceptors (Lipinski definition) is 7. The Hall–Kier alpha value is -4.62. The second kappa shape index (κ2) is 13.6. The Morgan fingerprint density at radius 1 is 1.24 bits per heavy atom. The third-order valence-electron chi connectivity index (χ3n) is 5.95. The van der Waals surface area contributed by atoms with Crippen molar-refractivity contribution < 1.29 is 27.9 Å². The molecule has 0 aliphatic rings. The molecule has 0 fully saturated rings. The molecule has 220 valence electrons. The molecule has 0 saturated heterocycles. The molecule has 0 aliphatic heterocycles. The fourth-order valence-electron chi connectivity index (χ4n) is 3.93. The van der Waals surface area contributed by atoms with Crippen molar-refractivity contribution in [2.75, 3.05) is 26.5 Å². The summed E-state index contributed by atoms with van der Waals surface area (Å²) in [6.07, 6.45) is 4.84. The second-order valence-electron chi connectivity index (χ2n) is 9.95. The highest BCUT2D eigenvalue weighted by Gasteiger charge is 2.23. The van der Waals surface area contributed by atoms with Crippen molar-refractivity contribution in [1.29, 1.82) is 0 Å². The van der Waals surface area contributed by atoms with Crippen LogP contribution in [0.25, 0.3) is 11.0 Å². The van der Waals surface area contributed by atoms with Gasteiger partial charge in [-0.1, -0.05) is 19.9 Å². The van der Waals surface area contributed by atoms with Crippen LogP contribution in [-0.4, -0.2) is 69.6 Å². The first kappa shape index (κ1) is 30.9. The Morgan fingerprint density at radius 2 is 1.98 bits per heavy atom. The average molecular weight is 574 g/mol. The van der Waals surface area contributed by atoms with Crippen LogP contribution in [0.3, 0.4) is 0 Å². The molecule has 0 radical (unpaired) electrons. The predicted octanol–water partition coefficient (Wildman–Crippen LogP) is 2.73. The summed E-state index contributed by atoms with van der Waals surface area (Å²) < 4.78 is 34.5. The number of nitrogens with one attached hydrogen (secondary N) is 3. The van der Waals surface area contributed by atoms with Crippen LogP contribution in [-0.2, 0) is 27.3 Å². The van der Waals surface area contributed by atoms with Crippen LogP contribution < -0.4 is 16.2 Å². The predicted molar refractivity (Wildman–Crippen MR) is 147 cm³/mol. The van der Waals surface area contributed by atoms with Gasteiger partial charge in [0.05, 0.1) is 31.1 Å². The van der Waals surface area contributed by atoms with Gasteiger partial charge in [0.2, 0.25) is 11.8 Å². The van der Waals surface area contributed by atoms with Gasteiger partial charge in [-0.25, -0.2) is 18.6 Å². The molecule has 3 N–H and O–H groups in total. The summed E-state index contributed by atoms with van der Waals surface area (Å²) in [6, 6.07) is -0.312. The number of methoxy groups -OCH3 is 1. The maximum atomic E-state index is 14.5. The fraction of sp³-hybridized carbons (Fsp3) is 0.407. The van der Waals surface area contributed by atoms with Gasteiger partial charge in [-0.2, -0.15) is 0 Å². The van der Waals surface area contributed by atoms with E-state index in [-0.39, 0.29) is 48.2 Å². The van der Waals surface area contributed by atoms with E-state index in [1.165, 1.54) is 17.1 Å². The number of anilines is 1. The molecular formula is C27H33F2N7O5. The zero-order chi connectivity index (χ0) is 30.3. The van der Waals surface area contributed by atoms with Crippen LogP contribution in [0, 0.1) is 17.6 Å². The minimum Gasteiger partial charge on any atom is -0.453 e. The summed E-state index contributed by atoms with van der Waals surface area (Å²) in [4.78, 5) is 62.4. The van der Waals surface area contributed by atoms with E-state index in [0.29, 0.717) is 17.6 Å². The number of ether oxygens (including phenoxy) is 1. The smallest absolute Gasteiger partial charge is 0.407 e. The van der Waals surface area contributed by atoms with Gasteiger partial charge < -0.3 is 29.8 Å². The van der Waals surface area contributed by atoms with Crippen molar-refractivity contribution in [3.8, 4) is 0 Å². The number of likely N-dealkylation sites (N-methyl/N-ethyl adjacent to an activating group) is 1. The molecular weight excluding hydrogens is 540 g/mol. The first-order chi connectivity index (χ1) is 19.4. The summed E-state index contributed by atoms with van der Waals surface area (Å²) in [5, 5.41) is 4.72. The number of pyridine rings is 2. The Balaban J connectivity index is 1.83. The van der Waals surface area contributed by atoms with Crippen molar-refractivity contribution in [2.24, 2.45) is 5.92 Å². The lowest BCUT2D eigenvalue weighted by Gasteiger charge is -2.17. The van der Waals surface area contributed by atoms with Gasteiger partial charge in [-0.05, 0) is 31.3 Å². The molecule has 0 aliphatic carbocycles. The number of rotatable bonds is 11. The van der Waals surface area contributed by atoms with Crippen LogP contribution in [0.1, 0.15) is 38.2 Å². The quantitative estimate of drug-likeness (QED) is 0.298. The SMILES string of the molecule is COC(=O)NC(CCC=CC(=O)N(C)C)C(=O)Nc1cc(F)cn(Cc2nc3c(F)cnc(CC(C)C)c3[nH]2)c1=O. The van der Waals surface area contributed by atoms with E-state index < -0.39 is 35.2 Å². The van der Waals surface area contributed by atoms with Crippen LogP contribution in [0.4, 0.5) is 19.3 Å². The lowest BCUT2D eigenvalue weighted by molar-refractivity contribution is -0.123. The molecule has 41 heavy (non-hydrogen) atoms. The second-order valence-corrected chi connectivity index (χ2v) is 9.95. The standard InChI is InChI=1S/C27H33F2N7O5/c1-15(2)10-19-24-23(17(29)12-30-19)33-21(34-24)14-36-13-16(28)11-20(26(36)39)31-25(38)18(32-27(40)41-5)8-6-7-9-22(37)35(3)4/h7,9,11-13,15,18H,6,8,10,14H2,1-5H3,(H,31,38)(H,32,40)(H,33,34). The third kappa shape index (κ3) is 8.19. The summed E-state index contributed by atoms with van der Waals surface area (Å²) >= 11 is 0. The molecule has 12 nitrogen and oxygen atoms in total. The first-order valence-electron chi connectivity index (χ1n) is 12.8. The summed E-state index contributed by atoms with van der Waals surface area (Å²) in [5.41, 5.74) is -0.0739. The lowest BCUT2D eigenvalue weighted by atomic mass is 10.1. The Morgan fingerprint density at radius 3 is 2.63 bits per heavy atom. The van der Waals surface area contributed by atoms with Crippen LogP contribution in [0.5, 0.6) is 0 Å². The first-order valence-corrected chi connectivity index (χ1v) is 12.8. The number of allylic oxidation sites excluding steroid dienone is 1. The summed E-state index contributed by atoms with van der Waals surface area (Å²) in [6.45, 7) is 3.73. The minimum atomic E-state index is -1.16. The number of carbonyl (C=O) groups is 3. The maximum absolute atomic E-state index is 14.5. The molecule has 3 heterocycles. The van der Waals surface area contributed by atoms with Crippen LogP contribution in [0.2, 0.25) is 0 Å². The van der Waals surface area contributed by atoms with Gasteiger partial charge in [-0.15, -0.1) is 0 Å². The summed E-state index contributed by atoms with van der Waals surface area (Å²) in [5.74, 6) is -2.09. The number of alkyl carbamates (subject to hydrolysis) is 1. The molecule has 3 aromatic rings. The molecule has 0 spiro atoms. The Bertz CT molecular complexity index is 1510. The third-order valence-corrected chi connectivity index (χ3v) is 5.95. The van der Waals surface area contributed by atoms with E-state index in [0.717, 1.165) is 30.1 Å². The van der Waals surface area contributed by atoms with Crippen molar-refractivity contribution >= 4 is 34.6 Å². The number of fused-ring (bicyclic) bond motifs is 1. The number of H-pyrrole nitrogens is 1. The molecule has 1 atom stereocenters. The molecule has 1 unspecified atom stereocenters. The summed E-state index contributed by atoms with van der Waals surface area (Å²) in [7, 11) is 4.29. The maximum Gasteiger partial charge on any atom is 0.407 e. The van der Waals surface area contributed by atoms with E-state index in [1.807, 2.05) is 13.8 Å². The van der Waals surface area contributed by atoms with Gasteiger partial charge in [0.15, 0.2) is 5.82 Å². The molecule has 3 rings (SSSR count). The highest BCUT2D eigenvalue weighted by molar-refractivity contribution is 5.96. The zero-order valence-corrected chi connectivity index (χ0v) is 23.5. The normalized spacial score (nSPS) is 12.1. The monoisotopic (exact) mass is 573 g/mol. The number of hydrogen-bond donors (Lipinski definition) is 3. The van der Waals surface area contributed by atoms with Crippen LogP contribution >= 0.6 is 0 Å². The van der Waals surface area contributed by atoms with Gasteiger partial charge in [0.25, 0.3) is 5.56 Å². The number of amides is 3. The number of aromatic nitrogens is 4. The molecule has 14 heteroatoms. The number of nitrogens with zero attached hydrogens (tertiary/aromatic N) is 4. The number of aromatic amines is 1. The topological polar surface area (TPSA) is 151 Å². The number of carbonyl (C=O) groups excluding carboxylic acids is 3. The molecule has 3 aromatic heterocycles. The van der Waals surface area contributed by atoms with Crippen molar-refractivity contribution in [3.05, 3.63) is 64.1 Å². The minimum absolute atomic E-state index is 0.0545. The highest BCUT2D eigenvalue weighted by Crippen LogP contribution is 2.21. The highest BCUT2D eigenvalue weighted by atomic mass is 19.1. The lowest BCUT2D eigenvalue weighted by Crippen LogP contribution is -2.44. The van der Waals surface area contributed by atoms with E-state index >= 15 is 0 Å².